The van der Waals surface area contributed by atoms with Gasteiger partial charge in [-0.1, -0.05) is 11.6 Å². The van der Waals surface area contributed by atoms with Gasteiger partial charge < -0.3 is 5.11 Å². The van der Waals surface area contributed by atoms with Gasteiger partial charge in [0.2, 0.25) is 0 Å². The predicted molar refractivity (Wildman–Crippen MR) is 59.7 cm³/mol. The van der Waals surface area contributed by atoms with Crippen molar-refractivity contribution in [1.29, 1.82) is 0 Å². The van der Waals surface area contributed by atoms with E-state index in [9.17, 15) is 9.18 Å². The molecule has 1 aromatic heterocycles. The normalized spacial score (nSPS) is 10.5. The standard InChI is InChI=1S/C11H8ClFN2O2/c12-9-2-1-8(13)5-7(9)6-15-10(11(16)17)3-4-14-15/h1-5H,6H2,(H,16,17). The van der Waals surface area contributed by atoms with Gasteiger partial charge in [-0.05, 0) is 29.8 Å². The van der Waals surface area contributed by atoms with Crippen LogP contribution in [-0.2, 0) is 6.54 Å². The Morgan fingerprint density at radius 1 is 1.47 bits per heavy atom. The number of hydrogen-bond donors (Lipinski definition) is 1. The molecule has 6 heteroatoms. The van der Waals surface area contributed by atoms with Crippen LogP contribution in [0.3, 0.4) is 0 Å². The van der Waals surface area contributed by atoms with Gasteiger partial charge in [0.15, 0.2) is 0 Å². The van der Waals surface area contributed by atoms with Crippen molar-refractivity contribution in [2.75, 3.05) is 0 Å². The van der Waals surface area contributed by atoms with Crippen LogP contribution in [0.5, 0.6) is 0 Å². The maximum Gasteiger partial charge on any atom is 0.354 e. The minimum absolute atomic E-state index is 0.0327. The molecule has 4 nitrogen and oxygen atoms in total. The summed E-state index contributed by atoms with van der Waals surface area (Å²) in [5.74, 6) is -1.51. The van der Waals surface area contributed by atoms with Gasteiger partial charge in [0.25, 0.3) is 0 Å². The average molecular weight is 255 g/mol. The number of aromatic nitrogens is 2. The van der Waals surface area contributed by atoms with E-state index in [2.05, 4.69) is 5.10 Å². The minimum atomic E-state index is -1.09. The summed E-state index contributed by atoms with van der Waals surface area (Å²) in [6.45, 7) is 0.116. The van der Waals surface area contributed by atoms with E-state index in [1.807, 2.05) is 0 Å². The lowest BCUT2D eigenvalue weighted by molar-refractivity contribution is 0.0684. The van der Waals surface area contributed by atoms with E-state index in [4.69, 9.17) is 16.7 Å². The highest BCUT2D eigenvalue weighted by Crippen LogP contribution is 2.18. The van der Waals surface area contributed by atoms with E-state index in [0.717, 1.165) is 0 Å². The zero-order chi connectivity index (χ0) is 12.4. The molecular weight excluding hydrogens is 247 g/mol. The molecule has 0 atom stereocenters. The van der Waals surface area contributed by atoms with Crippen molar-refractivity contribution in [1.82, 2.24) is 9.78 Å². The molecule has 2 aromatic rings. The Hall–Kier alpha value is -1.88. The number of carboxylic acid groups (broad SMARTS) is 1. The van der Waals surface area contributed by atoms with Crippen molar-refractivity contribution in [2.24, 2.45) is 0 Å². The first-order valence-electron chi connectivity index (χ1n) is 4.77. The molecule has 0 saturated carbocycles. The second-order valence-electron chi connectivity index (χ2n) is 3.41. The van der Waals surface area contributed by atoms with Crippen molar-refractivity contribution < 1.29 is 14.3 Å². The topological polar surface area (TPSA) is 55.1 Å². The first-order chi connectivity index (χ1) is 8.08. The predicted octanol–water partition coefficient (Wildman–Crippen LogP) is 2.42. The quantitative estimate of drug-likeness (QED) is 0.915. The maximum atomic E-state index is 13.0. The number of benzene rings is 1. The molecule has 17 heavy (non-hydrogen) atoms. The van der Waals surface area contributed by atoms with Crippen LogP contribution in [0.25, 0.3) is 0 Å². The van der Waals surface area contributed by atoms with E-state index in [0.29, 0.717) is 10.6 Å². The van der Waals surface area contributed by atoms with Crippen LogP contribution in [0.2, 0.25) is 5.02 Å². The van der Waals surface area contributed by atoms with Crippen molar-refractivity contribution >= 4 is 17.6 Å². The molecule has 0 aliphatic heterocycles. The second-order valence-corrected chi connectivity index (χ2v) is 3.82. The molecule has 0 spiro atoms. The number of aromatic carboxylic acids is 1. The van der Waals surface area contributed by atoms with Gasteiger partial charge in [0, 0.05) is 11.2 Å². The fourth-order valence-electron chi connectivity index (χ4n) is 1.47. The number of carbonyl (C=O) groups is 1. The minimum Gasteiger partial charge on any atom is -0.477 e. The third kappa shape index (κ3) is 2.45. The molecule has 0 saturated heterocycles. The molecule has 1 heterocycles. The second kappa shape index (κ2) is 4.55. The molecular formula is C11H8ClFN2O2. The molecule has 0 unspecified atom stereocenters. The summed E-state index contributed by atoms with van der Waals surface area (Å²) >= 11 is 5.89. The molecule has 0 radical (unpaired) electrons. The number of carboxylic acids is 1. The Kier molecular flexibility index (Phi) is 3.10. The van der Waals surface area contributed by atoms with Crippen LogP contribution in [0.15, 0.2) is 30.5 Å². The summed E-state index contributed by atoms with van der Waals surface area (Å²) in [4.78, 5) is 10.9. The summed E-state index contributed by atoms with van der Waals surface area (Å²) in [6, 6.07) is 5.30. The first kappa shape index (κ1) is 11.6. The van der Waals surface area contributed by atoms with Crippen molar-refractivity contribution in [3.63, 3.8) is 0 Å². The summed E-state index contributed by atoms with van der Waals surface area (Å²) in [6.07, 6.45) is 1.37. The molecule has 0 aliphatic rings. The van der Waals surface area contributed by atoms with E-state index >= 15 is 0 Å². The fourth-order valence-corrected chi connectivity index (χ4v) is 1.64. The van der Waals surface area contributed by atoms with Gasteiger partial charge in [-0.25, -0.2) is 9.18 Å². The van der Waals surface area contributed by atoms with Crippen LogP contribution in [0.1, 0.15) is 16.1 Å². The van der Waals surface area contributed by atoms with Gasteiger partial charge in [-0.15, -0.1) is 0 Å². The van der Waals surface area contributed by atoms with E-state index < -0.39 is 11.8 Å². The lowest BCUT2D eigenvalue weighted by atomic mass is 10.2. The summed E-state index contributed by atoms with van der Waals surface area (Å²) in [5, 5.41) is 13.1. The lowest BCUT2D eigenvalue weighted by Gasteiger charge is -2.06. The van der Waals surface area contributed by atoms with E-state index in [1.54, 1.807) is 0 Å². The lowest BCUT2D eigenvalue weighted by Crippen LogP contribution is -2.11. The van der Waals surface area contributed by atoms with Gasteiger partial charge in [0.1, 0.15) is 11.5 Å². The summed E-state index contributed by atoms with van der Waals surface area (Å²) in [5.41, 5.74) is 0.517. The van der Waals surface area contributed by atoms with Crippen molar-refractivity contribution in [3.8, 4) is 0 Å². The zero-order valence-electron chi connectivity index (χ0n) is 8.60. The van der Waals surface area contributed by atoms with Crippen molar-refractivity contribution in [3.05, 3.63) is 52.6 Å². The number of nitrogens with zero attached hydrogens (tertiary/aromatic N) is 2. The van der Waals surface area contributed by atoms with Crippen LogP contribution in [0.4, 0.5) is 4.39 Å². The Bertz CT molecular complexity index is 568. The molecule has 88 valence electrons. The Balaban J connectivity index is 2.34. The average Bonchev–Trinajstić information content (AvgIpc) is 2.71. The number of rotatable bonds is 3. The summed E-state index contributed by atoms with van der Waals surface area (Å²) < 4.78 is 14.3. The van der Waals surface area contributed by atoms with Gasteiger partial charge >= 0.3 is 5.97 Å². The Labute approximate surface area is 101 Å². The first-order valence-corrected chi connectivity index (χ1v) is 5.15. The highest BCUT2D eigenvalue weighted by Gasteiger charge is 2.12. The Morgan fingerprint density at radius 3 is 2.94 bits per heavy atom. The third-order valence-electron chi connectivity index (χ3n) is 2.26. The Morgan fingerprint density at radius 2 is 2.24 bits per heavy atom. The molecule has 1 N–H and O–H groups in total. The molecule has 1 aromatic carbocycles. The van der Waals surface area contributed by atoms with Gasteiger partial charge in [-0.2, -0.15) is 5.10 Å². The van der Waals surface area contributed by atoms with Gasteiger partial charge in [-0.3, -0.25) is 4.68 Å². The van der Waals surface area contributed by atoms with Crippen LogP contribution in [0, 0.1) is 5.82 Å². The maximum absolute atomic E-state index is 13.0. The third-order valence-corrected chi connectivity index (χ3v) is 2.63. The van der Waals surface area contributed by atoms with Gasteiger partial charge in [0.05, 0.1) is 6.54 Å². The highest BCUT2D eigenvalue weighted by atomic mass is 35.5. The van der Waals surface area contributed by atoms with E-state index in [-0.39, 0.29) is 12.2 Å². The van der Waals surface area contributed by atoms with Crippen LogP contribution >= 0.6 is 11.6 Å². The molecule has 0 aliphatic carbocycles. The highest BCUT2D eigenvalue weighted by molar-refractivity contribution is 6.31. The van der Waals surface area contributed by atoms with E-state index in [1.165, 1.54) is 35.1 Å². The summed E-state index contributed by atoms with van der Waals surface area (Å²) in [7, 11) is 0. The molecule has 0 fully saturated rings. The van der Waals surface area contributed by atoms with Crippen molar-refractivity contribution in [2.45, 2.75) is 6.54 Å². The molecule has 0 amide bonds. The smallest absolute Gasteiger partial charge is 0.354 e. The fraction of sp³-hybridized carbons (Fsp3) is 0.0909. The number of hydrogen-bond acceptors (Lipinski definition) is 2. The number of halogens is 2. The van der Waals surface area contributed by atoms with Crippen LogP contribution in [-0.4, -0.2) is 20.9 Å². The largest absolute Gasteiger partial charge is 0.477 e. The van der Waals surface area contributed by atoms with Crippen LogP contribution < -0.4 is 0 Å². The molecule has 0 bridgehead atoms. The molecule has 2 rings (SSSR count). The monoisotopic (exact) mass is 254 g/mol. The zero-order valence-corrected chi connectivity index (χ0v) is 9.36. The SMILES string of the molecule is O=C(O)c1ccnn1Cc1cc(F)ccc1Cl.